The van der Waals surface area contributed by atoms with E-state index in [1.54, 1.807) is 17.7 Å². The van der Waals surface area contributed by atoms with Gasteiger partial charge in [-0.25, -0.2) is 4.98 Å². The third kappa shape index (κ3) is 5.15. The molecule has 0 saturated carbocycles. The molecule has 4 rings (SSSR count). The summed E-state index contributed by atoms with van der Waals surface area (Å²) in [5.74, 6) is 0.640. The lowest BCUT2D eigenvalue weighted by Gasteiger charge is -2.17. The minimum absolute atomic E-state index is 0.129. The van der Waals surface area contributed by atoms with E-state index in [9.17, 15) is 9.59 Å². The fourth-order valence-electron chi connectivity index (χ4n) is 3.79. The molecular formula is C27H27N3O3S. The predicted molar refractivity (Wildman–Crippen MR) is 137 cm³/mol. The molecule has 174 valence electrons. The Morgan fingerprint density at radius 3 is 2.41 bits per heavy atom. The third-order valence-electron chi connectivity index (χ3n) is 5.49. The van der Waals surface area contributed by atoms with Gasteiger partial charge >= 0.3 is 0 Å². The van der Waals surface area contributed by atoms with Gasteiger partial charge in [0.1, 0.15) is 5.75 Å². The van der Waals surface area contributed by atoms with Crippen LogP contribution >= 0.6 is 11.8 Å². The van der Waals surface area contributed by atoms with Crippen molar-refractivity contribution in [3.63, 3.8) is 0 Å². The second-order valence-corrected chi connectivity index (χ2v) is 9.53. The molecule has 6 nitrogen and oxygen atoms in total. The number of hydrogen-bond donors (Lipinski definition) is 1. The molecule has 34 heavy (non-hydrogen) atoms. The first kappa shape index (κ1) is 23.6. The van der Waals surface area contributed by atoms with Crippen molar-refractivity contribution in [2.24, 2.45) is 0 Å². The van der Waals surface area contributed by atoms with Crippen LogP contribution in [0.25, 0.3) is 16.6 Å². The van der Waals surface area contributed by atoms with Gasteiger partial charge in [-0.2, -0.15) is 0 Å². The van der Waals surface area contributed by atoms with Gasteiger partial charge in [0.05, 0.1) is 29.0 Å². The van der Waals surface area contributed by atoms with Crippen molar-refractivity contribution >= 4 is 28.6 Å². The Bertz CT molecular complexity index is 1380. The summed E-state index contributed by atoms with van der Waals surface area (Å²) in [4.78, 5) is 31.1. The van der Waals surface area contributed by atoms with Crippen LogP contribution in [0.2, 0.25) is 0 Å². The summed E-state index contributed by atoms with van der Waals surface area (Å²) >= 11 is 1.27. The molecule has 0 spiro atoms. The normalized spacial score (nSPS) is 11.9. The van der Waals surface area contributed by atoms with Gasteiger partial charge in [0.2, 0.25) is 5.91 Å². The number of aryl methyl sites for hydroxylation is 2. The molecule has 0 fully saturated rings. The van der Waals surface area contributed by atoms with Gasteiger partial charge in [0, 0.05) is 6.54 Å². The standard InChI is InChI=1S/C27H27N3O3S/c1-17-13-18(2)15-21(14-17)30-26(32)23-7-5-6-8-24(23)29-27(30)34-19(3)25(31)28-16-20-9-11-22(33-4)12-10-20/h5-15,19H,16H2,1-4H3,(H,28,31). The number of thioether (sulfide) groups is 1. The average molecular weight is 474 g/mol. The van der Waals surface area contributed by atoms with Crippen LogP contribution in [0, 0.1) is 13.8 Å². The Labute approximate surface area is 203 Å². The maximum atomic E-state index is 13.5. The number of nitrogens with zero attached hydrogens (tertiary/aromatic N) is 2. The van der Waals surface area contributed by atoms with Crippen LogP contribution in [-0.4, -0.2) is 27.8 Å². The van der Waals surface area contributed by atoms with Gasteiger partial charge in [-0.1, -0.05) is 42.1 Å². The maximum absolute atomic E-state index is 13.5. The molecule has 0 aliphatic rings. The fraction of sp³-hybridized carbons (Fsp3) is 0.222. The second kappa shape index (κ2) is 10.1. The smallest absolute Gasteiger partial charge is 0.266 e. The summed E-state index contributed by atoms with van der Waals surface area (Å²) in [7, 11) is 1.62. The van der Waals surface area contributed by atoms with Crippen molar-refractivity contribution in [2.45, 2.75) is 37.7 Å². The zero-order chi connectivity index (χ0) is 24.2. The minimum atomic E-state index is -0.455. The monoisotopic (exact) mass is 473 g/mol. The number of fused-ring (bicyclic) bond motifs is 1. The molecule has 3 aromatic carbocycles. The zero-order valence-electron chi connectivity index (χ0n) is 19.7. The topological polar surface area (TPSA) is 73.2 Å². The third-order valence-corrected chi connectivity index (χ3v) is 6.54. The van der Waals surface area contributed by atoms with Gasteiger partial charge in [0.25, 0.3) is 5.56 Å². The van der Waals surface area contributed by atoms with Crippen LogP contribution in [0.3, 0.4) is 0 Å². The van der Waals surface area contributed by atoms with E-state index in [1.165, 1.54) is 11.8 Å². The lowest BCUT2D eigenvalue weighted by molar-refractivity contribution is -0.120. The molecule has 1 amide bonds. The van der Waals surface area contributed by atoms with Gasteiger partial charge in [-0.15, -0.1) is 0 Å². The SMILES string of the molecule is COc1ccc(CNC(=O)C(C)Sc2nc3ccccc3c(=O)n2-c2cc(C)cc(C)c2)cc1. The summed E-state index contributed by atoms with van der Waals surface area (Å²) in [6, 6.07) is 20.8. The Balaban J connectivity index is 1.63. The lowest BCUT2D eigenvalue weighted by Crippen LogP contribution is -2.31. The number of rotatable bonds is 7. The van der Waals surface area contributed by atoms with Crippen molar-refractivity contribution in [1.82, 2.24) is 14.9 Å². The van der Waals surface area contributed by atoms with Crippen molar-refractivity contribution in [1.29, 1.82) is 0 Å². The van der Waals surface area contributed by atoms with E-state index in [0.29, 0.717) is 22.6 Å². The zero-order valence-corrected chi connectivity index (χ0v) is 20.5. The Kier molecular flexibility index (Phi) is 7.03. The number of carbonyl (C=O) groups excluding carboxylic acids is 1. The number of aromatic nitrogens is 2. The molecule has 1 N–H and O–H groups in total. The number of methoxy groups -OCH3 is 1. The van der Waals surface area contributed by atoms with Gasteiger partial charge in [0.15, 0.2) is 5.16 Å². The van der Waals surface area contributed by atoms with Crippen molar-refractivity contribution in [2.75, 3.05) is 7.11 Å². The van der Waals surface area contributed by atoms with Gasteiger partial charge < -0.3 is 10.1 Å². The highest BCUT2D eigenvalue weighted by Gasteiger charge is 2.20. The highest BCUT2D eigenvalue weighted by molar-refractivity contribution is 8.00. The molecule has 1 unspecified atom stereocenters. The molecular weight excluding hydrogens is 446 g/mol. The predicted octanol–water partition coefficient (Wildman–Crippen LogP) is 4.81. The molecule has 1 heterocycles. The van der Waals surface area contributed by atoms with Crippen molar-refractivity contribution in [3.05, 3.63) is 93.8 Å². The summed E-state index contributed by atoms with van der Waals surface area (Å²) in [6.07, 6.45) is 0. The van der Waals surface area contributed by atoms with Crippen molar-refractivity contribution in [3.8, 4) is 11.4 Å². The fourth-order valence-corrected chi connectivity index (χ4v) is 4.74. The molecule has 0 aliphatic heterocycles. The summed E-state index contributed by atoms with van der Waals surface area (Å²) in [5, 5.41) is 3.55. The van der Waals surface area contributed by atoms with E-state index in [4.69, 9.17) is 9.72 Å². The van der Waals surface area contributed by atoms with Crippen LogP contribution in [0.15, 0.2) is 76.7 Å². The molecule has 0 saturated heterocycles. The molecule has 7 heteroatoms. The molecule has 0 aliphatic carbocycles. The summed E-state index contributed by atoms with van der Waals surface area (Å²) in [5.41, 5.74) is 4.29. The van der Waals surface area contributed by atoms with E-state index < -0.39 is 5.25 Å². The first-order chi connectivity index (χ1) is 16.4. The van der Waals surface area contributed by atoms with Crippen molar-refractivity contribution < 1.29 is 9.53 Å². The first-order valence-corrected chi connectivity index (χ1v) is 11.9. The second-order valence-electron chi connectivity index (χ2n) is 8.22. The molecule has 1 atom stereocenters. The summed E-state index contributed by atoms with van der Waals surface area (Å²) < 4.78 is 6.79. The van der Waals surface area contributed by atoms with E-state index in [1.807, 2.05) is 75.4 Å². The number of carbonyl (C=O) groups is 1. The molecule has 1 aromatic heterocycles. The largest absolute Gasteiger partial charge is 0.497 e. The number of benzene rings is 3. The molecule has 0 bridgehead atoms. The maximum Gasteiger partial charge on any atom is 0.266 e. The van der Waals surface area contributed by atoms with E-state index in [0.717, 1.165) is 28.1 Å². The van der Waals surface area contributed by atoms with E-state index in [-0.39, 0.29) is 11.5 Å². The average Bonchev–Trinajstić information content (AvgIpc) is 2.82. The highest BCUT2D eigenvalue weighted by atomic mass is 32.2. The number of ether oxygens (including phenoxy) is 1. The van der Waals surface area contributed by atoms with Crippen LogP contribution in [0.1, 0.15) is 23.6 Å². The minimum Gasteiger partial charge on any atom is -0.497 e. The number of nitrogens with one attached hydrogen (secondary N) is 1. The number of amides is 1. The van der Waals surface area contributed by atoms with Crippen LogP contribution in [0.4, 0.5) is 0 Å². The Morgan fingerprint density at radius 1 is 1.06 bits per heavy atom. The molecule has 4 aromatic rings. The number of hydrogen-bond acceptors (Lipinski definition) is 5. The van der Waals surface area contributed by atoms with Crippen LogP contribution < -0.4 is 15.6 Å². The summed E-state index contributed by atoms with van der Waals surface area (Å²) in [6.45, 7) is 6.22. The highest BCUT2D eigenvalue weighted by Crippen LogP contribution is 2.26. The number of para-hydroxylation sites is 1. The van der Waals surface area contributed by atoms with Gasteiger partial charge in [-0.3, -0.25) is 14.2 Å². The Morgan fingerprint density at radius 2 is 1.74 bits per heavy atom. The Hall–Kier alpha value is -3.58. The van der Waals surface area contributed by atoms with E-state index >= 15 is 0 Å². The van der Waals surface area contributed by atoms with Gasteiger partial charge in [-0.05, 0) is 73.9 Å². The first-order valence-electron chi connectivity index (χ1n) is 11.0. The van der Waals surface area contributed by atoms with E-state index in [2.05, 4.69) is 11.4 Å². The van der Waals surface area contributed by atoms with Crippen LogP contribution in [-0.2, 0) is 11.3 Å². The molecule has 0 radical (unpaired) electrons. The lowest BCUT2D eigenvalue weighted by atomic mass is 10.1. The van der Waals surface area contributed by atoms with Crippen LogP contribution in [0.5, 0.6) is 5.75 Å². The quantitative estimate of drug-likeness (QED) is 0.308.